The maximum absolute atomic E-state index is 5.14. The Morgan fingerprint density at radius 2 is 1.19 bits per heavy atom. The summed E-state index contributed by atoms with van der Waals surface area (Å²) in [6.45, 7) is 2.24. The normalized spacial score (nSPS) is 14.7. The molecule has 250 valence electrons. The number of aromatic nitrogens is 5. The Morgan fingerprint density at radius 1 is 0.528 bits per heavy atom. The first-order chi connectivity index (χ1) is 26.2. The molecule has 0 bridgehead atoms. The highest BCUT2D eigenvalue weighted by Crippen LogP contribution is 2.41. The van der Waals surface area contributed by atoms with Crippen LogP contribution in [0.25, 0.3) is 93.9 Å². The van der Waals surface area contributed by atoms with Crippen molar-refractivity contribution >= 4 is 65.5 Å². The molecule has 0 amide bonds. The van der Waals surface area contributed by atoms with Gasteiger partial charge < -0.3 is 8.97 Å². The molecular weight excluding hydrogens is 647 g/mol. The molecule has 4 heterocycles. The van der Waals surface area contributed by atoms with E-state index in [9.17, 15) is 0 Å². The fourth-order valence-corrected chi connectivity index (χ4v) is 8.49. The van der Waals surface area contributed by atoms with Gasteiger partial charge in [0.2, 0.25) is 0 Å². The standard InChI is InChI=1S/C48H33N5/c1-30-14-5-6-19-35(30)48-50-46(31-15-3-2-4-16-31)49-47(51-48)33-17-13-18-34(28-33)52-41-25-12-10-23-39(41)44-42(52)27-26-32-29-43-38-22-8-7-20-36(38)37-21-9-11-24-40(37)53(43)45(32)44/h2-13,15-30H,14H2,1H3. The van der Waals surface area contributed by atoms with E-state index in [1.807, 2.05) is 18.2 Å². The highest BCUT2D eigenvalue weighted by Gasteiger charge is 2.22. The SMILES string of the molecule is CC1CC=CC=C1c1nc(-c2ccccc2)nc(-c2cccc(-n3c4ccccc4c4c3ccc3cc5c6ccccc6c6ccccc6n5c34)c2)n1. The average molecular weight is 680 g/mol. The fourth-order valence-electron chi connectivity index (χ4n) is 8.49. The van der Waals surface area contributed by atoms with Gasteiger partial charge in [0.25, 0.3) is 0 Å². The lowest BCUT2D eigenvalue weighted by atomic mass is 9.92. The minimum Gasteiger partial charge on any atom is -0.309 e. The zero-order valence-electron chi connectivity index (χ0n) is 29.1. The fraction of sp³-hybridized carbons (Fsp3) is 0.0625. The summed E-state index contributed by atoms with van der Waals surface area (Å²) in [6.07, 6.45) is 7.43. The Hall–Kier alpha value is -6.85. The summed E-state index contributed by atoms with van der Waals surface area (Å²) in [5.41, 5.74) is 10.1. The highest BCUT2D eigenvalue weighted by atomic mass is 15.0. The van der Waals surface area contributed by atoms with Crippen molar-refractivity contribution in [2.45, 2.75) is 13.3 Å². The summed E-state index contributed by atoms with van der Waals surface area (Å²) in [6, 6.07) is 52.1. The van der Waals surface area contributed by atoms with E-state index in [0.29, 0.717) is 17.6 Å². The van der Waals surface area contributed by atoms with Crippen LogP contribution in [0.15, 0.2) is 164 Å². The molecule has 0 N–H and O–H groups in total. The molecule has 1 atom stereocenters. The number of nitrogens with zero attached hydrogens (tertiary/aromatic N) is 5. The third kappa shape index (κ3) is 4.54. The Kier molecular flexibility index (Phi) is 6.52. The van der Waals surface area contributed by atoms with Gasteiger partial charge in [0.15, 0.2) is 17.5 Å². The van der Waals surface area contributed by atoms with Gasteiger partial charge in [-0.3, -0.25) is 0 Å². The molecular formula is C48H33N5. The average Bonchev–Trinajstić information content (AvgIpc) is 3.78. The van der Waals surface area contributed by atoms with Crippen LogP contribution in [0.5, 0.6) is 0 Å². The van der Waals surface area contributed by atoms with Crippen LogP contribution < -0.4 is 0 Å². The second-order valence-electron chi connectivity index (χ2n) is 14.1. The molecule has 1 aliphatic rings. The number of hydrogen-bond donors (Lipinski definition) is 0. The summed E-state index contributed by atoms with van der Waals surface area (Å²) >= 11 is 0. The third-order valence-electron chi connectivity index (χ3n) is 11.0. The maximum atomic E-state index is 5.14. The van der Waals surface area contributed by atoms with E-state index in [-0.39, 0.29) is 0 Å². The van der Waals surface area contributed by atoms with Crippen LogP contribution in [-0.4, -0.2) is 23.9 Å². The predicted molar refractivity (Wildman–Crippen MR) is 219 cm³/mol. The summed E-state index contributed by atoms with van der Waals surface area (Å²) in [5.74, 6) is 2.39. The van der Waals surface area contributed by atoms with Crippen LogP contribution in [-0.2, 0) is 0 Å². The van der Waals surface area contributed by atoms with Crippen molar-refractivity contribution in [3.05, 3.63) is 170 Å². The van der Waals surface area contributed by atoms with Crippen LogP contribution in [0.2, 0.25) is 0 Å². The molecule has 11 rings (SSSR count). The zero-order valence-corrected chi connectivity index (χ0v) is 29.1. The largest absolute Gasteiger partial charge is 0.309 e. The number of pyridine rings is 1. The molecule has 0 fully saturated rings. The van der Waals surface area contributed by atoms with Crippen LogP contribution in [0, 0.1) is 5.92 Å². The molecule has 1 unspecified atom stereocenters. The van der Waals surface area contributed by atoms with Gasteiger partial charge in [0.05, 0.1) is 27.6 Å². The minimum absolute atomic E-state index is 0.319. The number of para-hydroxylation sites is 2. The number of benzene rings is 6. The highest BCUT2D eigenvalue weighted by molar-refractivity contribution is 6.24. The van der Waals surface area contributed by atoms with Crippen LogP contribution in [0.3, 0.4) is 0 Å². The second-order valence-corrected chi connectivity index (χ2v) is 14.1. The summed E-state index contributed by atoms with van der Waals surface area (Å²) in [5, 5.41) is 7.47. The maximum Gasteiger partial charge on any atom is 0.164 e. The zero-order chi connectivity index (χ0) is 35.0. The van der Waals surface area contributed by atoms with Gasteiger partial charge in [0, 0.05) is 49.3 Å². The van der Waals surface area contributed by atoms with Crippen molar-refractivity contribution in [3.63, 3.8) is 0 Å². The number of allylic oxidation sites excluding steroid dienone is 4. The first-order valence-electron chi connectivity index (χ1n) is 18.3. The Morgan fingerprint density at radius 3 is 2.00 bits per heavy atom. The van der Waals surface area contributed by atoms with E-state index in [1.165, 1.54) is 48.9 Å². The topological polar surface area (TPSA) is 48.0 Å². The number of fused-ring (bicyclic) bond motifs is 12. The smallest absolute Gasteiger partial charge is 0.164 e. The van der Waals surface area contributed by atoms with Crippen molar-refractivity contribution in [2.75, 3.05) is 0 Å². The summed E-state index contributed by atoms with van der Waals surface area (Å²) in [4.78, 5) is 15.2. The lowest BCUT2D eigenvalue weighted by Crippen LogP contribution is -2.08. The van der Waals surface area contributed by atoms with Crippen molar-refractivity contribution in [2.24, 2.45) is 5.92 Å². The Labute approximate surface area is 305 Å². The summed E-state index contributed by atoms with van der Waals surface area (Å²) < 4.78 is 4.88. The van der Waals surface area contributed by atoms with Gasteiger partial charge in [-0.2, -0.15) is 0 Å². The lowest BCUT2D eigenvalue weighted by Gasteiger charge is -2.17. The van der Waals surface area contributed by atoms with Crippen molar-refractivity contribution < 1.29 is 0 Å². The van der Waals surface area contributed by atoms with Crippen LogP contribution in [0.1, 0.15) is 19.2 Å². The first kappa shape index (κ1) is 29.8. The van der Waals surface area contributed by atoms with E-state index in [0.717, 1.165) is 45.7 Å². The quantitative estimate of drug-likeness (QED) is 0.174. The molecule has 53 heavy (non-hydrogen) atoms. The van der Waals surface area contributed by atoms with E-state index in [1.54, 1.807) is 0 Å². The van der Waals surface area contributed by atoms with Crippen LogP contribution in [0.4, 0.5) is 0 Å². The van der Waals surface area contributed by atoms with Gasteiger partial charge in [0.1, 0.15) is 0 Å². The Balaban J connectivity index is 1.17. The monoisotopic (exact) mass is 679 g/mol. The Bertz CT molecular complexity index is 3160. The molecule has 10 aromatic rings. The van der Waals surface area contributed by atoms with Crippen molar-refractivity contribution in [1.82, 2.24) is 23.9 Å². The van der Waals surface area contributed by atoms with Gasteiger partial charge >= 0.3 is 0 Å². The molecule has 0 saturated heterocycles. The van der Waals surface area contributed by atoms with Gasteiger partial charge in [-0.25, -0.2) is 15.0 Å². The van der Waals surface area contributed by atoms with E-state index in [2.05, 4.69) is 162 Å². The van der Waals surface area contributed by atoms with Gasteiger partial charge in [-0.15, -0.1) is 0 Å². The molecule has 0 saturated carbocycles. The molecule has 1 aliphatic carbocycles. The number of rotatable bonds is 4. The molecule has 4 aromatic heterocycles. The number of hydrogen-bond acceptors (Lipinski definition) is 3. The molecule has 0 spiro atoms. The van der Waals surface area contributed by atoms with E-state index in [4.69, 9.17) is 15.0 Å². The molecule has 0 radical (unpaired) electrons. The third-order valence-corrected chi connectivity index (χ3v) is 11.0. The van der Waals surface area contributed by atoms with Gasteiger partial charge in [-0.05, 0) is 54.1 Å². The van der Waals surface area contributed by atoms with Crippen LogP contribution >= 0.6 is 0 Å². The van der Waals surface area contributed by atoms with E-state index < -0.39 is 0 Å². The van der Waals surface area contributed by atoms with E-state index >= 15 is 0 Å². The molecule has 6 aromatic carbocycles. The van der Waals surface area contributed by atoms with Crippen molar-refractivity contribution in [1.29, 1.82) is 0 Å². The van der Waals surface area contributed by atoms with Crippen molar-refractivity contribution in [3.8, 4) is 28.5 Å². The minimum atomic E-state index is 0.319. The molecule has 5 heteroatoms. The molecule has 5 nitrogen and oxygen atoms in total. The predicted octanol–water partition coefficient (Wildman–Crippen LogP) is 12.0. The molecule has 0 aliphatic heterocycles. The lowest BCUT2D eigenvalue weighted by molar-refractivity contribution is 0.747. The second kappa shape index (κ2) is 11.6. The first-order valence-corrected chi connectivity index (χ1v) is 18.3. The summed E-state index contributed by atoms with van der Waals surface area (Å²) in [7, 11) is 0. The van der Waals surface area contributed by atoms with Gasteiger partial charge in [-0.1, -0.05) is 134 Å².